The summed E-state index contributed by atoms with van der Waals surface area (Å²) in [4.78, 5) is 4.82. The zero-order valence-electron chi connectivity index (χ0n) is 11.9. The number of hydrogen-bond donors (Lipinski definition) is 1. The van der Waals surface area contributed by atoms with Gasteiger partial charge in [-0.05, 0) is 36.8 Å². The summed E-state index contributed by atoms with van der Waals surface area (Å²) < 4.78 is 0. The first-order valence-electron chi connectivity index (χ1n) is 7.15. The molecule has 0 amide bonds. The van der Waals surface area contributed by atoms with Crippen LogP contribution in [-0.2, 0) is 0 Å². The third-order valence-electron chi connectivity index (χ3n) is 3.93. The highest BCUT2D eigenvalue weighted by Gasteiger charge is 2.18. The van der Waals surface area contributed by atoms with E-state index in [2.05, 4.69) is 59.2 Å². The monoisotopic (exact) mass is 267 g/mol. The van der Waals surface area contributed by atoms with Gasteiger partial charge >= 0.3 is 0 Å². The van der Waals surface area contributed by atoms with Crippen LogP contribution in [0.3, 0.4) is 0 Å². The minimum Gasteiger partial charge on any atom is -0.397 e. The molecule has 2 aromatic rings. The Morgan fingerprint density at radius 2 is 1.50 bits per heavy atom. The number of piperazine rings is 1. The summed E-state index contributed by atoms with van der Waals surface area (Å²) in [6.07, 6.45) is 0. The van der Waals surface area contributed by atoms with Gasteiger partial charge in [-0.25, -0.2) is 0 Å². The number of benzene rings is 2. The summed E-state index contributed by atoms with van der Waals surface area (Å²) in [6.45, 7) is 6.23. The van der Waals surface area contributed by atoms with Crippen LogP contribution >= 0.6 is 0 Å². The maximum absolute atomic E-state index is 6.11. The lowest BCUT2D eigenvalue weighted by molar-refractivity contribution is 0.654. The lowest BCUT2D eigenvalue weighted by Gasteiger charge is -2.38. The van der Waals surface area contributed by atoms with Crippen LogP contribution < -0.4 is 15.5 Å². The van der Waals surface area contributed by atoms with Crippen LogP contribution in [0.15, 0.2) is 48.5 Å². The van der Waals surface area contributed by atoms with Gasteiger partial charge in [0, 0.05) is 31.9 Å². The normalized spacial score (nSPS) is 15.4. The zero-order valence-corrected chi connectivity index (χ0v) is 11.9. The molecule has 0 aliphatic carbocycles. The van der Waals surface area contributed by atoms with Crippen LogP contribution in [0.4, 0.5) is 17.1 Å². The SMILES string of the molecule is Cc1ccc(N)c(N2CCN(c3ccccc3)CC2)c1. The second-order valence-corrected chi connectivity index (χ2v) is 5.37. The number of anilines is 3. The molecule has 0 spiro atoms. The second kappa shape index (κ2) is 5.45. The molecule has 1 aliphatic heterocycles. The zero-order chi connectivity index (χ0) is 13.9. The van der Waals surface area contributed by atoms with Crippen LogP contribution in [-0.4, -0.2) is 26.2 Å². The van der Waals surface area contributed by atoms with Crippen molar-refractivity contribution in [3.8, 4) is 0 Å². The molecule has 1 heterocycles. The molecule has 104 valence electrons. The molecule has 2 aromatic carbocycles. The second-order valence-electron chi connectivity index (χ2n) is 5.37. The molecule has 1 saturated heterocycles. The number of hydrogen-bond acceptors (Lipinski definition) is 3. The molecule has 0 bridgehead atoms. The van der Waals surface area contributed by atoms with E-state index >= 15 is 0 Å². The number of rotatable bonds is 2. The Morgan fingerprint density at radius 3 is 2.20 bits per heavy atom. The molecular formula is C17H21N3. The standard InChI is InChI=1S/C17H21N3/c1-14-7-8-16(18)17(13-14)20-11-9-19(10-12-20)15-5-3-2-4-6-15/h2-8,13H,9-12,18H2,1H3. The first-order chi connectivity index (χ1) is 9.74. The number of aryl methyl sites for hydroxylation is 1. The number of nitrogen functional groups attached to an aromatic ring is 1. The predicted octanol–water partition coefficient (Wildman–Crippen LogP) is 2.90. The molecule has 0 aromatic heterocycles. The predicted molar refractivity (Wildman–Crippen MR) is 86.5 cm³/mol. The van der Waals surface area contributed by atoms with Gasteiger partial charge in [-0.15, -0.1) is 0 Å². The van der Waals surface area contributed by atoms with Gasteiger partial charge in [-0.3, -0.25) is 0 Å². The van der Waals surface area contributed by atoms with Gasteiger partial charge in [0.25, 0.3) is 0 Å². The van der Waals surface area contributed by atoms with E-state index in [1.165, 1.54) is 16.9 Å². The van der Waals surface area contributed by atoms with Crippen LogP contribution in [0.25, 0.3) is 0 Å². The Bertz CT molecular complexity index is 572. The summed E-state index contributed by atoms with van der Waals surface area (Å²) in [6, 6.07) is 16.9. The smallest absolute Gasteiger partial charge is 0.0603 e. The van der Waals surface area contributed by atoms with Crippen molar-refractivity contribution in [1.82, 2.24) is 0 Å². The van der Waals surface area contributed by atoms with Gasteiger partial charge < -0.3 is 15.5 Å². The first kappa shape index (κ1) is 12.9. The quantitative estimate of drug-likeness (QED) is 0.849. The number of nitrogens with zero attached hydrogens (tertiary/aromatic N) is 2. The summed E-state index contributed by atoms with van der Waals surface area (Å²) in [7, 11) is 0. The minimum atomic E-state index is 0.878. The lowest BCUT2D eigenvalue weighted by Crippen LogP contribution is -2.46. The average molecular weight is 267 g/mol. The van der Waals surface area contributed by atoms with Crippen molar-refractivity contribution in [1.29, 1.82) is 0 Å². The summed E-state index contributed by atoms with van der Waals surface area (Å²) in [5.74, 6) is 0. The Balaban J connectivity index is 1.71. The maximum Gasteiger partial charge on any atom is 0.0603 e. The highest BCUT2D eigenvalue weighted by molar-refractivity contribution is 5.69. The van der Waals surface area contributed by atoms with Gasteiger partial charge in [0.15, 0.2) is 0 Å². The van der Waals surface area contributed by atoms with Crippen molar-refractivity contribution in [3.05, 3.63) is 54.1 Å². The third kappa shape index (κ3) is 2.57. The van der Waals surface area contributed by atoms with Gasteiger partial charge in [-0.1, -0.05) is 24.3 Å². The van der Waals surface area contributed by atoms with Crippen molar-refractivity contribution >= 4 is 17.1 Å². The van der Waals surface area contributed by atoms with Crippen molar-refractivity contribution in [3.63, 3.8) is 0 Å². The van der Waals surface area contributed by atoms with Gasteiger partial charge in [0.2, 0.25) is 0 Å². The van der Waals surface area contributed by atoms with E-state index in [1.807, 2.05) is 6.07 Å². The topological polar surface area (TPSA) is 32.5 Å². The first-order valence-corrected chi connectivity index (χ1v) is 7.15. The molecule has 2 N–H and O–H groups in total. The lowest BCUT2D eigenvalue weighted by atomic mass is 10.1. The van der Waals surface area contributed by atoms with Gasteiger partial charge in [0.05, 0.1) is 11.4 Å². The molecule has 3 heteroatoms. The number of para-hydroxylation sites is 1. The van der Waals surface area contributed by atoms with E-state index in [9.17, 15) is 0 Å². The van der Waals surface area contributed by atoms with Crippen LogP contribution in [0.1, 0.15) is 5.56 Å². The minimum absolute atomic E-state index is 0.878. The maximum atomic E-state index is 6.11. The van der Waals surface area contributed by atoms with Crippen molar-refractivity contribution in [2.45, 2.75) is 6.92 Å². The molecule has 1 aliphatic rings. The number of nitrogens with two attached hydrogens (primary N) is 1. The molecule has 1 fully saturated rings. The highest BCUT2D eigenvalue weighted by atomic mass is 15.3. The van der Waals surface area contributed by atoms with E-state index in [0.29, 0.717) is 0 Å². The Kier molecular flexibility index (Phi) is 3.50. The van der Waals surface area contributed by atoms with E-state index in [4.69, 9.17) is 5.73 Å². The van der Waals surface area contributed by atoms with Gasteiger partial charge in [-0.2, -0.15) is 0 Å². The van der Waals surface area contributed by atoms with Gasteiger partial charge in [0.1, 0.15) is 0 Å². The Labute approximate surface area is 120 Å². The van der Waals surface area contributed by atoms with E-state index in [-0.39, 0.29) is 0 Å². The summed E-state index contributed by atoms with van der Waals surface area (Å²) in [5.41, 5.74) is 10.7. The van der Waals surface area contributed by atoms with Crippen molar-refractivity contribution in [2.75, 3.05) is 41.7 Å². The van der Waals surface area contributed by atoms with Crippen LogP contribution in [0, 0.1) is 6.92 Å². The summed E-state index contributed by atoms with van der Waals surface area (Å²) >= 11 is 0. The van der Waals surface area contributed by atoms with Crippen molar-refractivity contribution in [2.24, 2.45) is 0 Å². The van der Waals surface area contributed by atoms with E-state index in [1.54, 1.807) is 0 Å². The fourth-order valence-electron chi connectivity index (χ4n) is 2.77. The molecule has 3 nitrogen and oxygen atoms in total. The Morgan fingerprint density at radius 1 is 0.850 bits per heavy atom. The molecule has 0 atom stereocenters. The Hall–Kier alpha value is -2.16. The summed E-state index contributed by atoms with van der Waals surface area (Å²) in [5, 5.41) is 0. The van der Waals surface area contributed by atoms with E-state index < -0.39 is 0 Å². The molecule has 0 saturated carbocycles. The average Bonchev–Trinajstić information content (AvgIpc) is 2.51. The fourth-order valence-corrected chi connectivity index (χ4v) is 2.77. The molecular weight excluding hydrogens is 246 g/mol. The molecule has 0 radical (unpaired) electrons. The third-order valence-corrected chi connectivity index (χ3v) is 3.93. The van der Waals surface area contributed by atoms with Crippen LogP contribution in [0.2, 0.25) is 0 Å². The fraction of sp³-hybridized carbons (Fsp3) is 0.294. The highest BCUT2D eigenvalue weighted by Crippen LogP contribution is 2.26. The van der Waals surface area contributed by atoms with Crippen LogP contribution in [0.5, 0.6) is 0 Å². The molecule has 20 heavy (non-hydrogen) atoms. The van der Waals surface area contributed by atoms with E-state index in [0.717, 1.165) is 31.9 Å². The molecule has 0 unspecified atom stereocenters. The largest absolute Gasteiger partial charge is 0.397 e. The molecule has 3 rings (SSSR count). The van der Waals surface area contributed by atoms with Crippen molar-refractivity contribution < 1.29 is 0 Å².